The zero-order chi connectivity index (χ0) is 16.6. The van der Waals surface area contributed by atoms with Crippen LogP contribution in [0.25, 0.3) is 6.08 Å². The molecule has 0 unspecified atom stereocenters. The van der Waals surface area contributed by atoms with Gasteiger partial charge in [-0.1, -0.05) is 23.7 Å². The Hall–Kier alpha value is -1.93. The molecule has 1 N–H and O–H groups in total. The van der Waals surface area contributed by atoms with Crippen LogP contribution in [0.5, 0.6) is 0 Å². The molecule has 0 bridgehead atoms. The summed E-state index contributed by atoms with van der Waals surface area (Å²) in [6.07, 6.45) is 1.52. The van der Waals surface area contributed by atoms with Crippen molar-refractivity contribution >= 4 is 57.8 Å². The van der Waals surface area contributed by atoms with Crippen LogP contribution >= 0.6 is 34.2 Å². The SMILES string of the molecule is O=C1NN(c2ccc(F)c(Cl)c2)C(=O)C1=Cc1cccc(I)c1. The van der Waals surface area contributed by atoms with Crippen molar-refractivity contribution in [1.82, 2.24) is 5.43 Å². The molecule has 2 aromatic carbocycles. The predicted octanol–water partition coefficient (Wildman–Crippen LogP) is 3.55. The number of nitrogens with one attached hydrogen (secondary N) is 1. The molecule has 0 spiro atoms. The number of hydrogen-bond acceptors (Lipinski definition) is 2. The van der Waals surface area contributed by atoms with Crippen LogP contribution in [0, 0.1) is 9.39 Å². The van der Waals surface area contributed by atoms with Crippen molar-refractivity contribution in [2.45, 2.75) is 0 Å². The van der Waals surface area contributed by atoms with Crippen LogP contribution in [-0.2, 0) is 9.59 Å². The van der Waals surface area contributed by atoms with Crippen LogP contribution in [0.2, 0.25) is 5.02 Å². The van der Waals surface area contributed by atoms with Crippen molar-refractivity contribution in [1.29, 1.82) is 0 Å². The van der Waals surface area contributed by atoms with Crippen LogP contribution in [0.1, 0.15) is 5.56 Å². The first-order valence-corrected chi connectivity index (χ1v) is 7.99. The van der Waals surface area contributed by atoms with E-state index in [0.29, 0.717) is 5.69 Å². The Morgan fingerprint density at radius 3 is 2.65 bits per heavy atom. The highest BCUT2D eigenvalue weighted by Gasteiger charge is 2.34. The molecule has 116 valence electrons. The average molecular weight is 443 g/mol. The summed E-state index contributed by atoms with van der Waals surface area (Å²) in [5.74, 6) is -1.63. The van der Waals surface area contributed by atoms with E-state index in [4.69, 9.17) is 11.6 Å². The van der Waals surface area contributed by atoms with Gasteiger partial charge < -0.3 is 0 Å². The quantitative estimate of drug-likeness (QED) is 0.439. The third-order valence-electron chi connectivity index (χ3n) is 3.21. The van der Waals surface area contributed by atoms with Gasteiger partial charge in [0.05, 0.1) is 10.7 Å². The Labute approximate surface area is 150 Å². The van der Waals surface area contributed by atoms with Crippen molar-refractivity contribution in [2.75, 3.05) is 5.01 Å². The first-order valence-electron chi connectivity index (χ1n) is 6.53. The first-order chi connectivity index (χ1) is 11.0. The average Bonchev–Trinajstić information content (AvgIpc) is 2.78. The second-order valence-corrected chi connectivity index (χ2v) is 6.45. The maximum Gasteiger partial charge on any atom is 0.282 e. The molecule has 2 aromatic rings. The van der Waals surface area contributed by atoms with E-state index in [1.165, 1.54) is 18.2 Å². The molecular formula is C16H9ClFIN2O2. The van der Waals surface area contributed by atoms with Crippen LogP contribution in [0.15, 0.2) is 48.0 Å². The van der Waals surface area contributed by atoms with Crippen LogP contribution in [0.3, 0.4) is 0 Å². The molecule has 7 heteroatoms. The Bertz CT molecular complexity index is 854. The van der Waals surface area contributed by atoms with Crippen molar-refractivity contribution in [3.8, 4) is 0 Å². The molecule has 3 rings (SSSR count). The van der Waals surface area contributed by atoms with Gasteiger partial charge in [0.1, 0.15) is 11.4 Å². The lowest BCUT2D eigenvalue weighted by molar-refractivity contribution is -0.117. The molecule has 0 aromatic heterocycles. The Balaban J connectivity index is 1.95. The summed E-state index contributed by atoms with van der Waals surface area (Å²) in [6, 6.07) is 11.2. The van der Waals surface area contributed by atoms with Gasteiger partial charge in [-0.3, -0.25) is 15.0 Å². The van der Waals surface area contributed by atoms with Crippen molar-refractivity contribution in [3.05, 3.63) is 68.0 Å². The van der Waals surface area contributed by atoms with Gasteiger partial charge in [-0.15, -0.1) is 0 Å². The number of hydrazine groups is 1. The third kappa shape index (κ3) is 3.23. The lowest BCUT2D eigenvalue weighted by atomic mass is 10.1. The fourth-order valence-electron chi connectivity index (χ4n) is 2.13. The normalized spacial score (nSPS) is 16.1. The largest absolute Gasteiger partial charge is 0.282 e. The molecule has 23 heavy (non-hydrogen) atoms. The van der Waals surface area contributed by atoms with Gasteiger partial charge in [0.15, 0.2) is 0 Å². The second-order valence-electron chi connectivity index (χ2n) is 4.79. The van der Waals surface area contributed by atoms with E-state index in [2.05, 4.69) is 28.0 Å². The first kappa shape index (κ1) is 15.9. The zero-order valence-corrected chi connectivity index (χ0v) is 14.4. The Morgan fingerprint density at radius 2 is 1.96 bits per heavy atom. The number of anilines is 1. The number of benzene rings is 2. The van der Waals surface area contributed by atoms with Gasteiger partial charge in [-0.05, 0) is 64.6 Å². The van der Waals surface area contributed by atoms with Gasteiger partial charge in [0.25, 0.3) is 11.8 Å². The summed E-state index contributed by atoms with van der Waals surface area (Å²) in [5.41, 5.74) is 3.49. The number of carbonyl (C=O) groups is 2. The molecule has 1 saturated heterocycles. The van der Waals surface area contributed by atoms with Crippen LogP contribution in [-0.4, -0.2) is 11.8 Å². The van der Waals surface area contributed by atoms with Gasteiger partial charge in [-0.25, -0.2) is 9.40 Å². The van der Waals surface area contributed by atoms with Crippen LogP contribution < -0.4 is 10.4 Å². The predicted molar refractivity (Wildman–Crippen MR) is 94.2 cm³/mol. The molecule has 0 aliphatic carbocycles. The lowest BCUT2D eigenvalue weighted by Crippen LogP contribution is -2.35. The van der Waals surface area contributed by atoms with E-state index in [9.17, 15) is 14.0 Å². The summed E-state index contributed by atoms with van der Waals surface area (Å²) < 4.78 is 14.2. The summed E-state index contributed by atoms with van der Waals surface area (Å²) in [4.78, 5) is 24.5. The van der Waals surface area contributed by atoms with Gasteiger partial charge in [0.2, 0.25) is 0 Å². The topological polar surface area (TPSA) is 49.4 Å². The summed E-state index contributed by atoms with van der Waals surface area (Å²) in [7, 11) is 0. The number of hydrogen-bond donors (Lipinski definition) is 1. The molecule has 1 aliphatic heterocycles. The molecule has 4 nitrogen and oxygen atoms in total. The minimum Gasteiger partial charge on any atom is -0.267 e. The maximum absolute atomic E-state index is 13.2. The maximum atomic E-state index is 13.2. The smallest absolute Gasteiger partial charge is 0.267 e. The molecule has 0 radical (unpaired) electrons. The van der Waals surface area contributed by atoms with Crippen molar-refractivity contribution < 1.29 is 14.0 Å². The summed E-state index contributed by atoms with van der Waals surface area (Å²) in [5, 5.41) is 0.924. The van der Waals surface area contributed by atoms with E-state index < -0.39 is 17.6 Å². The summed E-state index contributed by atoms with van der Waals surface area (Å²) in [6.45, 7) is 0. The fourth-order valence-corrected chi connectivity index (χ4v) is 2.87. The highest BCUT2D eigenvalue weighted by atomic mass is 127. The number of amides is 2. The minimum atomic E-state index is -0.594. The lowest BCUT2D eigenvalue weighted by Gasteiger charge is -2.14. The van der Waals surface area contributed by atoms with Gasteiger partial charge >= 0.3 is 0 Å². The number of carbonyl (C=O) groups excluding carboxylic acids is 2. The molecule has 1 fully saturated rings. The molecule has 1 aliphatic rings. The molecule has 1 heterocycles. The third-order valence-corrected chi connectivity index (χ3v) is 4.17. The van der Waals surface area contributed by atoms with Gasteiger partial charge in [-0.2, -0.15) is 0 Å². The van der Waals surface area contributed by atoms with Gasteiger partial charge in [0, 0.05) is 3.57 Å². The van der Waals surface area contributed by atoms with E-state index in [-0.39, 0.29) is 10.6 Å². The zero-order valence-electron chi connectivity index (χ0n) is 11.5. The van der Waals surface area contributed by atoms with E-state index in [0.717, 1.165) is 20.2 Å². The summed E-state index contributed by atoms with van der Waals surface area (Å²) >= 11 is 7.87. The monoisotopic (exact) mass is 442 g/mol. The number of nitrogens with zero attached hydrogens (tertiary/aromatic N) is 1. The minimum absolute atomic E-state index is 0.00690. The number of rotatable bonds is 2. The van der Waals surface area contributed by atoms with Crippen LogP contribution in [0.4, 0.5) is 10.1 Å². The highest BCUT2D eigenvalue weighted by molar-refractivity contribution is 14.1. The van der Waals surface area contributed by atoms with E-state index >= 15 is 0 Å². The molecule has 0 saturated carbocycles. The Morgan fingerprint density at radius 1 is 1.17 bits per heavy atom. The second kappa shape index (κ2) is 6.29. The molecule has 2 amide bonds. The van der Waals surface area contributed by atoms with Crippen molar-refractivity contribution in [2.24, 2.45) is 0 Å². The van der Waals surface area contributed by atoms with E-state index in [1.54, 1.807) is 6.07 Å². The standard InChI is InChI=1S/C16H9ClFIN2O2/c17-13-8-11(4-5-14(13)18)21-16(23)12(15(22)20-21)7-9-2-1-3-10(19)6-9/h1-8H,(H,20,22). The van der Waals surface area contributed by atoms with Crippen molar-refractivity contribution in [3.63, 3.8) is 0 Å². The Kier molecular flexibility index (Phi) is 4.36. The molecule has 0 atom stereocenters. The number of halogens is 3. The highest BCUT2D eigenvalue weighted by Crippen LogP contribution is 2.26. The fraction of sp³-hybridized carbons (Fsp3) is 0. The van der Waals surface area contributed by atoms with E-state index in [1.807, 2.05) is 18.2 Å². The molecular weight excluding hydrogens is 434 g/mol.